The van der Waals surface area contributed by atoms with Crippen LogP contribution < -0.4 is 10.1 Å². The van der Waals surface area contributed by atoms with Crippen LogP contribution in [-0.4, -0.2) is 18.1 Å². The molecular formula is C16H22N2O. The Bertz CT molecular complexity index is 476. The van der Waals surface area contributed by atoms with E-state index in [4.69, 9.17) is 4.74 Å². The lowest BCUT2D eigenvalue weighted by molar-refractivity contribution is 0.243. The first-order chi connectivity index (χ1) is 9.36. The van der Waals surface area contributed by atoms with Crippen molar-refractivity contribution >= 4 is 5.69 Å². The van der Waals surface area contributed by atoms with Gasteiger partial charge >= 0.3 is 0 Å². The lowest BCUT2D eigenvalue weighted by atomic mass is 9.79. The third-order valence-corrected chi connectivity index (χ3v) is 5.73. The molecule has 0 amide bonds. The first-order valence-corrected chi connectivity index (χ1v) is 7.62. The summed E-state index contributed by atoms with van der Waals surface area (Å²) < 4.78 is 5.35. The van der Waals surface area contributed by atoms with Gasteiger partial charge in [0.1, 0.15) is 0 Å². The second kappa shape index (κ2) is 4.39. The van der Waals surface area contributed by atoms with Crippen molar-refractivity contribution in [2.24, 2.45) is 23.7 Å². The van der Waals surface area contributed by atoms with Crippen LogP contribution in [0.4, 0.5) is 5.69 Å². The van der Waals surface area contributed by atoms with Crippen molar-refractivity contribution in [3.05, 3.63) is 18.3 Å². The number of fused-ring (bicyclic) bond motifs is 5. The number of hydrogen-bond donors (Lipinski definition) is 1. The monoisotopic (exact) mass is 258 g/mol. The van der Waals surface area contributed by atoms with Crippen LogP contribution >= 0.6 is 0 Å². The third kappa shape index (κ3) is 1.74. The van der Waals surface area contributed by atoms with E-state index in [0.717, 1.165) is 35.2 Å². The van der Waals surface area contributed by atoms with Crippen LogP contribution in [0.1, 0.15) is 32.1 Å². The van der Waals surface area contributed by atoms with Gasteiger partial charge in [-0.2, -0.15) is 0 Å². The maximum atomic E-state index is 5.35. The first-order valence-electron chi connectivity index (χ1n) is 7.62. The van der Waals surface area contributed by atoms with Crippen LogP contribution in [0.15, 0.2) is 18.3 Å². The Labute approximate surface area is 114 Å². The quantitative estimate of drug-likeness (QED) is 0.903. The molecule has 3 saturated carbocycles. The predicted molar refractivity (Wildman–Crippen MR) is 75.2 cm³/mol. The van der Waals surface area contributed by atoms with E-state index in [1.165, 1.54) is 32.1 Å². The second-order valence-electron chi connectivity index (χ2n) is 6.47. The molecule has 1 aromatic heterocycles. The van der Waals surface area contributed by atoms with Crippen LogP contribution in [0, 0.1) is 23.7 Å². The lowest BCUT2D eigenvalue weighted by Crippen LogP contribution is -2.34. The van der Waals surface area contributed by atoms with Gasteiger partial charge in [0.05, 0.1) is 12.8 Å². The highest BCUT2D eigenvalue weighted by Crippen LogP contribution is 2.59. The topological polar surface area (TPSA) is 34.1 Å². The zero-order valence-corrected chi connectivity index (χ0v) is 11.5. The van der Waals surface area contributed by atoms with Crippen molar-refractivity contribution in [2.45, 2.75) is 38.1 Å². The van der Waals surface area contributed by atoms with E-state index in [1.807, 2.05) is 6.07 Å². The van der Waals surface area contributed by atoms with Crippen LogP contribution in [0.25, 0.3) is 0 Å². The highest BCUT2D eigenvalue weighted by molar-refractivity contribution is 5.53. The fraction of sp³-hybridized carbons (Fsp3) is 0.688. The Hall–Kier alpha value is -1.25. The molecule has 1 heterocycles. The largest absolute Gasteiger partial charge is 0.480 e. The van der Waals surface area contributed by atoms with Crippen LogP contribution in [0.3, 0.4) is 0 Å². The maximum absolute atomic E-state index is 5.35. The number of hydrogen-bond acceptors (Lipinski definition) is 3. The van der Waals surface area contributed by atoms with Crippen molar-refractivity contribution in [1.82, 2.24) is 4.98 Å². The molecule has 3 nitrogen and oxygen atoms in total. The molecule has 1 aromatic rings. The summed E-state index contributed by atoms with van der Waals surface area (Å²) in [6.45, 7) is 0. The number of rotatable bonds is 3. The van der Waals surface area contributed by atoms with E-state index in [1.54, 1.807) is 13.3 Å². The molecule has 1 N–H and O–H groups in total. The van der Waals surface area contributed by atoms with Gasteiger partial charge in [0.25, 0.3) is 0 Å². The average molecular weight is 258 g/mol. The molecule has 0 aliphatic heterocycles. The molecule has 3 aliphatic rings. The minimum atomic E-state index is 0.641. The van der Waals surface area contributed by atoms with E-state index in [9.17, 15) is 0 Å². The molecule has 2 bridgehead atoms. The van der Waals surface area contributed by atoms with Gasteiger partial charge in [-0.15, -0.1) is 0 Å². The normalized spacial score (nSPS) is 39.3. The number of ether oxygens (including phenoxy) is 1. The molecule has 3 aliphatic carbocycles. The molecule has 0 spiro atoms. The van der Waals surface area contributed by atoms with Crippen molar-refractivity contribution in [3.8, 4) is 5.88 Å². The molecule has 19 heavy (non-hydrogen) atoms. The van der Waals surface area contributed by atoms with Gasteiger partial charge in [0.15, 0.2) is 0 Å². The van der Waals surface area contributed by atoms with Gasteiger partial charge in [-0.1, -0.05) is 6.42 Å². The highest BCUT2D eigenvalue weighted by Gasteiger charge is 2.53. The Kier molecular flexibility index (Phi) is 2.68. The number of anilines is 1. The third-order valence-electron chi connectivity index (χ3n) is 5.73. The summed E-state index contributed by atoms with van der Waals surface area (Å²) in [7, 11) is 1.70. The Morgan fingerprint density at radius 3 is 3.00 bits per heavy atom. The van der Waals surface area contributed by atoms with Crippen LogP contribution in [-0.2, 0) is 0 Å². The van der Waals surface area contributed by atoms with Crippen LogP contribution in [0.5, 0.6) is 5.88 Å². The van der Waals surface area contributed by atoms with E-state index < -0.39 is 0 Å². The fourth-order valence-electron chi connectivity index (χ4n) is 5.10. The smallest absolute Gasteiger partial charge is 0.237 e. The minimum absolute atomic E-state index is 0.641. The Morgan fingerprint density at radius 2 is 2.11 bits per heavy atom. The summed E-state index contributed by atoms with van der Waals surface area (Å²) in [5.74, 6) is 4.66. The van der Waals surface area contributed by atoms with Gasteiger partial charge in [-0.25, -0.2) is 4.98 Å². The summed E-state index contributed by atoms with van der Waals surface area (Å²) in [4.78, 5) is 4.28. The molecule has 5 unspecified atom stereocenters. The summed E-state index contributed by atoms with van der Waals surface area (Å²) in [5, 5.41) is 3.72. The molecule has 0 saturated heterocycles. The molecule has 3 fully saturated rings. The van der Waals surface area contributed by atoms with Gasteiger partial charge < -0.3 is 10.1 Å². The van der Waals surface area contributed by atoms with Crippen LogP contribution in [0.2, 0.25) is 0 Å². The molecule has 102 valence electrons. The zero-order chi connectivity index (χ0) is 12.8. The number of aromatic nitrogens is 1. The summed E-state index contributed by atoms with van der Waals surface area (Å²) >= 11 is 0. The maximum Gasteiger partial charge on any atom is 0.237 e. The minimum Gasteiger partial charge on any atom is -0.480 e. The number of nitrogens with zero attached hydrogens (tertiary/aromatic N) is 1. The van der Waals surface area contributed by atoms with Crippen molar-refractivity contribution in [2.75, 3.05) is 12.4 Å². The molecular weight excluding hydrogens is 236 g/mol. The second-order valence-corrected chi connectivity index (χ2v) is 6.47. The number of nitrogens with one attached hydrogen (secondary N) is 1. The lowest BCUT2D eigenvalue weighted by Gasteiger charge is -2.32. The zero-order valence-electron chi connectivity index (χ0n) is 11.5. The summed E-state index contributed by atoms with van der Waals surface area (Å²) in [5.41, 5.74) is 1.07. The molecule has 5 atom stereocenters. The number of methoxy groups -OCH3 is 1. The van der Waals surface area contributed by atoms with Gasteiger partial charge in [-0.3, -0.25) is 0 Å². The van der Waals surface area contributed by atoms with E-state index >= 15 is 0 Å². The fourth-order valence-corrected chi connectivity index (χ4v) is 5.10. The first kappa shape index (κ1) is 11.6. The SMILES string of the molecule is COc1ncccc1NC1CC2CC1C1CCCC21. The average Bonchev–Trinajstić information content (AvgIpc) is 3.11. The standard InChI is InChI=1S/C16H22N2O/c1-19-16-14(6-3-7-17-16)18-15-9-10-8-13(15)12-5-2-4-11(10)12/h3,6-7,10-13,15,18H,2,4-5,8-9H2,1H3. The molecule has 3 heteroatoms. The molecule has 0 aromatic carbocycles. The van der Waals surface area contributed by atoms with Gasteiger partial charge in [0, 0.05) is 12.2 Å². The summed E-state index contributed by atoms with van der Waals surface area (Å²) in [6.07, 6.45) is 9.02. The van der Waals surface area contributed by atoms with Crippen molar-refractivity contribution < 1.29 is 4.74 Å². The van der Waals surface area contributed by atoms with Gasteiger partial charge in [-0.05, 0) is 61.5 Å². The Morgan fingerprint density at radius 1 is 1.21 bits per heavy atom. The highest BCUT2D eigenvalue weighted by atomic mass is 16.5. The Balaban J connectivity index is 1.53. The van der Waals surface area contributed by atoms with Crippen molar-refractivity contribution in [1.29, 1.82) is 0 Å². The number of pyridine rings is 1. The summed E-state index contributed by atoms with van der Waals surface area (Å²) in [6, 6.07) is 4.71. The predicted octanol–water partition coefficient (Wildman–Crippen LogP) is 3.33. The van der Waals surface area contributed by atoms with E-state index in [2.05, 4.69) is 16.4 Å². The molecule has 0 radical (unpaired) electrons. The van der Waals surface area contributed by atoms with Crippen molar-refractivity contribution in [3.63, 3.8) is 0 Å². The van der Waals surface area contributed by atoms with Gasteiger partial charge in [0.2, 0.25) is 5.88 Å². The van der Waals surface area contributed by atoms with E-state index in [-0.39, 0.29) is 0 Å². The molecule has 4 rings (SSSR count). The van der Waals surface area contributed by atoms with E-state index in [0.29, 0.717) is 6.04 Å².